The van der Waals surface area contributed by atoms with Crippen LogP contribution in [0.3, 0.4) is 0 Å². The van der Waals surface area contributed by atoms with Gasteiger partial charge < -0.3 is 0 Å². The monoisotopic (exact) mass is 152 g/mol. The fourth-order valence-corrected chi connectivity index (χ4v) is 1.28. The molecule has 58 valence electrons. The van der Waals surface area contributed by atoms with E-state index in [1.807, 2.05) is 0 Å². The van der Waals surface area contributed by atoms with E-state index in [4.69, 9.17) is 0 Å². The van der Waals surface area contributed by atoms with Crippen LogP contribution in [0.5, 0.6) is 0 Å². The van der Waals surface area contributed by atoms with Crippen molar-refractivity contribution in [1.29, 1.82) is 0 Å². The smallest absolute Gasteiger partial charge is 0.278 e. The minimum absolute atomic E-state index is 0.243. The maximum absolute atomic E-state index is 10.4. The highest BCUT2D eigenvalue weighted by Gasteiger charge is 2.36. The molecule has 4 nitrogen and oxygen atoms in total. The standard InChI is InChI=1S/C7H8N2O2/c10-9(11)6-3-4-8-7(6)5-1-2-5/h3,5H,1-2,4H2. The van der Waals surface area contributed by atoms with Crippen LogP contribution in [0.25, 0.3) is 0 Å². The second kappa shape index (κ2) is 2.15. The van der Waals surface area contributed by atoms with Gasteiger partial charge in [0.2, 0.25) is 0 Å². The Hall–Kier alpha value is -1.19. The van der Waals surface area contributed by atoms with Crippen molar-refractivity contribution in [2.24, 2.45) is 10.9 Å². The Morgan fingerprint density at radius 1 is 1.64 bits per heavy atom. The second-order valence-corrected chi connectivity index (χ2v) is 2.85. The van der Waals surface area contributed by atoms with Crippen molar-refractivity contribution < 1.29 is 4.92 Å². The highest BCUT2D eigenvalue weighted by molar-refractivity contribution is 6.02. The summed E-state index contributed by atoms with van der Waals surface area (Å²) in [4.78, 5) is 14.2. The maximum Gasteiger partial charge on any atom is 0.288 e. The van der Waals surface area contributed by atoms with Gasteiger partial charge in [0.15, 0.2) is 0 Å². The summed E-state index contributed by atoms with van der Waals surface area (Å²) in [6.07, 6.45) is 3.74. The van der Waals surface area contributed by atoms with Crippen molar-refractivity contribution in [2.75, 3.05) is 6.54 Å². The molecule has 0 aromatic heterocycles. The van der Waals surface area contributed by atoms with Crippen LogP contribution in [0.2, 0.25) is 0 Å². The van der Waals surface area contributed by atoms with Crippen molar-refractivity contribution in [3.8, 4) is 0 Å². The number of hydrogen-bond acceptors (Lipinski definition) is 3. The summed E-state index contributed by atoms with van der Waals surface area (Å²) < 4.78 is 0. The molecule has 11 heavy (non-hydrogen) atoms. The molecule has 0 spiro atoms. The summed E-state index contributed by atoms with van der Waals surface area (Å²) in [7, 11) is 0. The normalized spacial score (nSPS) is 22.9. The Balaban J connectivity index is 2.21. The Bertz CT molecular complexity index is 264. The van der Waals surface area contributed by atoms with Crippen molar-refractivity contribution >= 4 is 5.71 Å². The second-order valence-electron chi connectivity index (χ2n) is 2.85. The van der Waals surface area contributed by atoms with Gasteiger partial charge in [0.1, 0.15) is 5.71 Å². The van der Waals surface area contributed by atoms with E-state index >= 15 is 0 Å². The first-order chi connectivity index (χ1) is 5.29. The molecule has 1 aliphatic carbocycles. The largest absolute Gasteiger partial charge is 0.288 e. The number of nitro groups is 1. The summed E-state index contributed by atoms with van der Waals surface area (Å²) in [6.45, 7) is 0.502. The van der Waals surface area contributed by atoms with E-state index in [-0.39, 0.29) is 10.6 Å². The van der Waals surface area contributed by atoms with E-state index in [0.717, 1.165) is 18.6 Å². The first-order valence-corrected chi connectivity index (χ1v) is 3.68. The average molecular weight is 152 g/mol. The quantitative estimate of drug-likeness (QED) is 0.438. The van der Waals surface area contributed by atoms with Gasteiger partial charge >= 0.3 is 0 Å². The van der Waals surface area contributed by atoms with Gasteiger partial charge in [0.25, 0.3) is 5.70 Å². The zero-order chi connectivity index (χ0) is 7.84. The molecule has 1 fully saturated rings. The predicted octanol–water partition coefficient (Wildman–Crippen LogP) is 1.01. The van der Waals surface area contributed by atoms with E-state index < -0.39 is 0 Å². The molecule has 0 bridgehead atoms. The highest BCUT2D eigenvalue weighted by atomic mass is 16.6. The minimum atomic E-state index is -0.329. The van der Waals surface area contributed by atoms with Crippen LogP contribution in [0.4, 0.5) is 0 Å². The number of hydrogen-bond donors (Lipinski definition) is 0. The molecule has 1 saturated carbocycles. The fraction of sp³-hybridized carbons (Fsp3) is 0.571. The van der Waals surface area contributed by atoms with E-state index in [1.165, 1.54) is 0 Å². The number of allylic oxidation sites excluding steroid dienone is 1. The average Bonchev–Trinajstić information content (AvgIpc) is 2.68. The third kappa shape index (κ3) is 1.04. The molecule has 1 aliphatic heterocycles. The molecule has 0 aromatic carbocycles. The van der Waals surface area contributed by atoms with Crippen molar-refractivity contribution in [3.63, 3.8) is 0 Å². The summed E-state index contributed by atoms with van der Waals surface area (Å²) in [5.41, 5.74) is 0.975. The Morgan fingerprint density at radius 2 is 2.36 bits per heavy atom. The Kier molecular flexibility index (Phi) is 1.27. The van der Waals surface area contributed by atoms with Crippen LogP contribution in [-0.4, -0.2) is 17.2 Å². The van der Waals surface area contributed by atoms with Crippen molar-refractivity contribution in [2.45, 2.75) is 12.8 Å². The molecule has 0 saturated heterocycles. The van der Waals surface area contributed by atoms with Gasteiger partial charge in [-0.3, -0.25) is 15.1 Å². The third-order valence-electron chi connectivity index (χ3n) is 1.97. The lowest BCUT2D eigenvalue weighted by molar-refractivity contribution is -0.415. The van der Waals surface area contributed by atoms with Gasteiger partial charge in [0.05, 0.1) is 11.5 Å². The molecule has 2 aliphatic rings. The summed E-state index contributed by atoms with van der Waals surface area (Å²) in [5, 5.41) is 10.4. The van der Waals surface area contributed by atoms with E-state index in [1.54, 1.807) is 6.08 Å². The van der Waals surface area contributed by atoms with Crippen molar-refractivity contribution in [1.82, 2.24) is 0 Å². The summed E-state index contributed by atoms with van der Waals surface area (Å²) in [6, 6.07) is 0. The Morgan fingerprint density at radius 3 is 2.91 bits per heavy atom. The molecule has 2 rings (SSSR count). The van der Waals surface area contributed by atoms with E-state index in [2.05, 4.69) is 4.99 Å². The zero-order valence-corrected chi connectivity index (χ0v) is 5.99. The molecular weight excluding hydrogens is 144 g/mol. The van der Waals surface area contributed by atoms with Gasteiger partial charge in [-0.15, -0.1) is 0 Å². The SMILES string of the molecule is O=[N+]([O-])C1=CCN=C1C1CC1. The summed E-state index contributed by atoms with van der Waals surface area (Å²) in [5.74, 6) is 0.397. The lowest BCUT2D eigenvalue weighted by Gasteiger charge is -1.93. The van der Waals surface area contributed by atoms with Crippen molar-refractivity contribution in [3.05, 3.63) is 21.9 Å². The van der Waals surface area contributed by atoms with Gasteiger partial charge in [-0.1, -0.05) is 0 Å². The fourth-order valence-electron chi connectivity index (χ4n) is 1.28. The first-order valence-electron chi connectivity index (χ1n) is 3.68. The van der Waals surface area contributed by atoms with Crippen LogP contribution < -0.4 is 0 Å². The molecule has 1 heterocycles. The lowest BCUT2D eigenvalue weighted by Crippen LogP contribution is -2.10. The molecule has 0 aromatic rings. The van der Waals surface area contributed by atoms with Crippen LogP contribution in [0.1, 0.15) is 12.8 Å². The molecule has 0 amide bonds. The molecule has 4 heteroatoms. The Labute approximate surface area is 63.8 Å². The topological polar surface area (TPSA) is 55.5 Å². The molecule has 0 radical (unpaired) electrons. The minimum Gasteiger partial charge on any atom is -0.278 e. The third-order valence-corrected chi connectivity index (χ3v) is 1.97. The lowest BCUT2D eigenvalue weighted by atomic mass is 10.2. The van der Waals surface area contributed by atoms with Gasteiger partial charge in [-0.25, -0.2) is 0 Å². The zero-order valence-electron chi connectivity index (χ0n) is 5.99. The van der Waals surface area contributed by atoms with Crippen LogP contribution in [-0.2, 0) is 0 Å². The molecule has 0 N–H and O–H groups in total. The van der Waals surface area contributed by atoms with Crippen LogP contribution in [0, 0.1) is 16.0 Å². The number of rotatable bonds is 2. The number of nitrogens with zero attached hydrogens (tertiary/aromatic N) is 2. The highest BCUT2D eigenvalue weighted by Crippen LogP contribution is 2.34. The van der Waals surface area contributed by atoms with E-state index in [0.29, 0.717) is 12.5 Å². The molecule has 0 unspecified atom stereocenters. The molecular formula is C7H8N2O2. The molecule has 0 atom stereocenters. The van der Waals surface area contributed by atoms with Gasteiger partial charge in [0, 0.05) is 12.0 Å². The van der Waals surface area contributed by atoms with Crippen LogP contribution >= 0.6 is 0 Å². The predicted molar refractivity (Wildman–Crippen MR) is 40.1 cm³/mol. The number of aliphatic imine (C=N–C) groups is 1. The first kappa shape index (κ1) is 6.52. The van der Waals surface area contributed by atoms with Gasteiger partial charge in [-0.05, 0) is 12.8 Å². The maximum atomic E-state index is 10.4. The van der Waals surface area contributed by atoms with Crippen LogP contribution in [0.15, 0.2) is 16.8 Å². The summed E-state index contributed by atoms with van der Waals surface area (Å²) >= 11 is 0. The van der Waals surface area contributed by atoms with Gasteiger partial charge in [-0.2, -0.15) is 0 Å². The van der Waals surface area contributed by atoms with E-state index in [9.17, 15) is 10.1 Å².